The predicted octanol–water partition coefficient (Wildman–Crippen LogP) is 2.68. The third kappa shape index (κ3) is 4.32. The maximum absolute atomic E-state index is 6.17. The number of ether oxygens (including phenoxy) is 1. The number of nitrogens with two attached hydrogens (primary N) is 1. The summed E-state index contributed by atoms with van der Waals surface area (Å²) in [6.45, 7) is 2.08. The summed E-state index contributed by atoms with van der Waals surface area (Å²) < 4.78 is 7.39. The van der Waals surface area contributed by atoms with Crippen molar-refractivity contribution in [1.29, 1.82) is 0 Å². The molecule has 1 aliphatic rings. The Kier molecular flexibility index (Phi) is 5.40. The normalized spacial score (nSPS) is 19.7. The minimum atomic E-state index is 0.185. The van der Waals surface area contributed by atoms with Gasteiger partial charge >= 0.3 is 0 Å². The molecule has 1 aromatic heterocycles. The number of hydrogen-bond donors (Lipinski definition) is 1. The Morgan fingerprint density at radius 1 is 1.42 bits per heavy atom. The van der Waals surface area contributed by atoms with Gasteiger partial charge in [-0.1, -0.05) is 12.8 Å². The molecule has 0 radical (unpaired) electrons. The summed E-state index contributed by atoms with van der Waals surface area (Å²) in [7, 11) is 1.75. The van der Waals surface area contributed by atoms with Crippen molar-refractivity contribution in [1.82, 2.24) is 9.78 Å². The molecular formula is C15H27N3O. The molecule has 0 bridgehead atoms. The van der Waals surface area contributed by atoms with E-state index in [1.54, 1.807) is 7.11 Å². The zero-order valence-corrected chi connectivity index (χ0v) is 12.2. The Bertz CT molecular complexity index is 371. The number of rotatable bonds is 7. The Morgan fingerprint density at radius 2 is 2.16 bits per heavy atom. The first-order valence-corrected chi connectivity index (χ1v) is 7.51. The quantitative estimate of drug-likeness (QED) is 0.824. The molecule has 4 nitrogen and oxygen atoms in total. The molecule has 0 spiro atoms. The Morgan fingerprint density at radius 3 is 2.84 bits per heavy atom. The third-order valence-electron chi connectivity index (χ3n) is 4.18. The van der Waals surface area contributed by atoms with Crippen LogP contribution in [-0.2, 0) is 11.2 Å². The molecule has 19 heavy (non-hydrogen) atoms. The summed E-state index contributed by atoms with van der Waals surface area (Å²) in [6, 6.07) is 2.93. The van der Waals surface area contributed by atoms with E-state index >= 15 is 0 Å². The van der Waals surface area contributed by atoms with Gasteiger partial charge in [0.2, 0.25) is 0 Å². The average molecular weight is 265 g/mol. The maximum Gasteiger partial charge on any atom is 0.0640 e. The number of nitrogens with zero attached hydrogens (tertiary/aromatic N) is 2. The highest BCUT2D eigenvalue weighted by molar-refractivity contribution is 5.02. The first-order valence-electron chi connectivity index (χ1n) is 7.51. The van der Waals surface area contributed by atoms with Gasteiger partial charge in [-0.25, -0.2) is 0 Å². The van der Waals surface area contributed by atoms with Crippen molar-refractivity contribution in [2.45, 2.75) is 70.1 Å². The molecule has 108 valence electrons. The molecule has 2 unspecified atom stereocenters. The van der Waals surface area contributed by atoms with Gasteiger partial charge in [0.15, 0.2) is 0 Å². The van der Waals surface area contributed by atoms with E-state index in [2.05, 4.69) is 29.0 Å². The molecular weight excluding hydrogens is 238 g/mol. The molecule has 1 saturated carbocycles. The van der Waals surface area contributed by atoms with Crippen molar-refractivity contribution < 1.29 is 4.74 Å². The molecule has 1 heterocycles. The van der Waals surface area contributed by atoms with Crippen LogP contribution in [0.2, 0.25) is 0 Å². The highest BCUT2D eigenvalue weighted by atomic mass is 16.5. The van der Waals surface area contributed by atoms with E-state index < -0.39 is 0 Å². The Hall–Kier alpha value is -0.870. The fourth-order valence-electron chi connectivity index (χ4n) is 2.80. The molecule has 0 amide bonds. The fourth-order valence-corrected chi connectivity index (χ4v) is 2.80. The van der Waals surface area contributed by atoms with Gasteiger partial charge in [-0.3, -0.25) is 4.68 Å². The number of hydrogen-bond acceptors (Lipinski definition) is 3. The summed E-state index contributed by atoms with van der Waals surface area (Å²) in [5.41, 5.74) is 7.30. The third-order valence-corrected chi connectivity index (χ3v) is 4.18. The van der Waals surface area contributed by atoms with Gasteiger partial charge in [0.25, 0.3) is 0 Å². The van der Waals surface area contributed by atoms with Crippen molar-refractivity contribution in [3.8, 4) is 0 Å². The van der Waals surface area contributed by atoms with Crippen LogP contribution in [0.5, 0.6) is 0 Å². The van der Waals surface area contributed by atoms with E-state index in [-0.39, 0.29) is 6.04 Å². The van der Waals surface area contributed by atoms with Crippen molar-refractivity contribution in [2.75, 3.05) is 7.11 Å². The van der Waals surface area contributed by atoms with E-state index in [1.807, 2.05) is 0 Å². The second-order valence-electron chi connectivity index (χ2n) is 5.81. The lowest BCUT2D eigenvalue weighted by atomic mass is 10.1. The first kappa shape index (κ1) is 14.5. The minimum Gasteiger partial charge on any atom is -0.382 e. The van der Waals surface area contributed by atoms with Crippen LogP contribution in [0.3, 0.4) is 0 Å². The zero-order valence-electron chi connectivity index (χ0n) is 12.2. The monoisotopic (exact) mass is 265 g/mol. The molecule has 2 N–H and O–H groups in total. The number of aromatic nitrogens is 2. The second kappa shape index (κ2) is 7.06. The van der Waals surface area contributed by atoms with Gasteiger partial charge < -0.3 is 10.5 Å². The summed E-state index contributed by atoms with van der Waals surface area (Å²) in [5, 5.41) is 4.68. The zero-order chi connectivity index (χ0) is 13.7. The highest BCUT2D eigenvalue weighted by Crippen LogP contribution is 2.28. The molecule has 4 heteroatoms. The SMILES string of the molecule is COC(C)CCC(N)Cc1ccn(C2CCCC2)n1. The van der Waals surface area contributed by atoms with E-state index in [4.69, 9.17) is 10.5 Å². The highest BCUT2D eigenvalue weighted by Gasteiger charge is 2.18. The topological polar surface area (TPSA) is 53.1 Å². The van der Waals surface area contributed by atoms with Crippen molar-refractivity contribution in [3.63, 3.8) is 0 Å². The van der Waals surface area contributed by atoms with Gasteiger partial charge in [0, 0.05) is 25.8 Å². The van der Waals surface area contributed by atoms with E-state index in [9.17, 15) is 0 Å². The Labute approximate surface area is 116 Å². The van der Waals surface area contributed by atoms with Gasteiger partial charge in [-0.2, -0.15) is 5.10 Å². The molecule has 2 atom stereocenters. The molecule has 1 fully saturated rings. The van der Waals surface area contributed by atoms with Crippen LogP contribution in [-0.4, -0.2) is 29.0 Å². The van der Waals surface area contributed by atoms with Gasteiger partial charge in [-0.05, 0) is 38.7 Å². The molecule has 1 aromatic rings. The van der Waals surface area contributed by atoms with Crippen LogP contribution < -0.4 is 5.73 Å². The van der Waals surface area contributed by atoms with Gasteiger partial charge in [0.1, 0.15) is 0 Å². The molecule has 2 rings (SSSR count). The van der Waals surface area contributed by atoms with E-state index in [1.165, 1.54) is 25.7 Å². The van der Waals surface area contributed by atoms with Crippen LogP contribution in [0.15, 0.2) is 12.3 Å². The summed E-state index contributed by atoms with van der Waals surface area (Å²) in [6.07, 6.45) is 10.5. The maximum atomic E-state index is 6.17. The van der Waals surface area contributed by atoms with Crippen LogP contribution in [0.25, 0.3) is 0 Å². The predicted molar refractivity (Wildman–Crippen MR) is 77.1 cm³/mol. The lowest BCUT2D eigenvalue weighted by molar-refractivity contribution is 0.107. The molecule has 0 aromatic carbocycles. The smallest absolute Gasteiger partial charge is 0.0640 e. The van der Waals surface area contributed by atoms with E-state index in [0.29, 0.717) is 12.1 Å². The van der Waals surface area contributed by atoms with Crippen molar-refractivity contribution >= 4 is 0 Å². The minimum absolute atomic E-state index is 0.185. The van der Waals surface area contributed by atoms with Crippen molar-refractivity contribution in [2.24, 2.45) is 5.73 Å². The fraction of sp³-hybridized carbons (Fsp3) is 0.800. The molecule has 1 aliphatic carbocycles. The van der Waals surface area contributed by atoms with Gasteiger partial charge in [0.05, 0.1) is 17.8 Å². The largest absolute Gasteiger partial charge is 0.382 e. The van der Waals surface area contributed by atoms with Crippen molar-refractivity contribution in [3.05, 3.63) is 18.0 Å². The van der Waals surface area contributed by atoms with Crippen LogP contribution in [0.1, 0.15) is 57.2 Å². The Balaban J connectivity index is 1.78. The van der Waals surface area contributed by atoms with E-state index in [0.717, 1.165) is 25.0 Å². The second-order valence-corrected chi connectivity index (χ2v) is 5.81. The standard InChI is InChI=1S/C15H27N3O/c1-12(19-2)7-8-13(16)11-14-9-10-18(17-14)15-5-3-4-6-15/h9-10,12-13,15H,3-8,11,16H2,1-2H3. The molecule has 0 aliphatic heterocycles. The lowest BCUT2D eigenvalue weighted by Crippen LogP contribution is -2.25. The summed E-state index contributed by atoms with van der Waals surface area (Å²) in [4.78, 5) is 0. The van der Waals surface area contributed by atoms with Crippen LogP contribution >= 0.6 is 0 Å². The van der Waals surface area contributed by atoms with Crippen LogP contribution in [0.4, 0.5) is 0 Å². The summed E-state index contributed by atoms with van der Waals surface area (Å²) >= 11 is 0. The number of methoxy groups -OCH3 is 1. The molecule has 0 saturated heterocycles. The lowest BCUT2D eigenvalue weighted by Gasteiger charge is -2.14. The average Bonchev–Trinajstić information content (AvgIpc) is 3.06. The van der Waals surface area contributed by atoms with Gasteiger partial charge in [-0.15, -0.1) is 0 Å². The summed E-state index contributed by atoms with van der Waals surface area (Å²) in [5.74, 6) is 0. The first-order chi connectivity index (χ1) is 9.19. The van der Waals surface area contributed by atoms with Crippen LogP contribution in [0, 0.1) is 0 Å².